The van der Waals surface area contributed by atoms with E-state index in [1.165, 1.54) is 11.1 Å². The molecular weight excluding hydrogens is 226 g/mol. The normalized spacial score (nSPS) is 12.4. The molecule has 1 aromatic carbocycles. The number of aromatic amines is 1. The summed E-state index contributed by atoms with van der Waals surface area (Å²) < 4.78 is 5.34. The van der Waals surface area contributed by atoms with Crippen molar-refractivity contribution in [2.75, 3.05) is 14.2 Å². The number of ether oxygens (including phenoxy) is 1. The molecule has 0 saturated carbocycles. The van der Waals surface area contributed by atoms with Crippen LogP contribution in [0.3, 0.4) is 0 Å². The van der Waals surface area contributed by atoms with Gasteiger partial charge in [0.1, 0.15) is 11.6 Å². The van der Waals surface area contributed by atoms with Gasteiger partial charge < -0.3 is 15.0 Å². The van der Waals surface area contributed by atoms with Gasteiger partial charge in [0.05, 0.1) is 13.2 Å². The van der Waals surface area contributed by atoms with E-state index < -0.39 is 0 Å². The Morgan fingerprint density at radius 3 is 2.61 bits per heavy atom. The zero-order chi connectivity index (χ0) is 13.1. The summed E-state index contributed by atoms with van der Waals surface area (Å²) in [6.45, 7) is 4.14. The van der Waals surface area contributed by atoms with Gasteiger partial charge in [-0.3, -0.25) is 0 Å². The second-order valence-corrected chi connectivity index (χ2v) is 4.37. The molecule has 1 unspecified atom stereocenters. The van der Waals surface area contributed by atoms with Crippen LogP contribution in [-0.2, 0) is 0 Å². The number of benzene rings is 1. The van der Waals surface area contributed by atoms with Crippen LogP contribution in [0.2, 0.25) is 0 Å². The summed E-state index contributed by atoms with van der Waals surface area (Å²) in [5.74, 6) is 1.84. The molecule has 0 aliphatic heterocycles. The minimum absolute atomic E-state index is 0.0737. The summed E-state index contributed by atoms with van der Waals surface area (Å²) >= 11 is 0. The molecule has 4 heteroatoms. The van der Waals surface area contributed by atoms with Crippen molar-refractivity contribution in [1.82, 2.24) is 15.3 Å². The lowest BCUT2D eigenvalue weighted by molar-refractivity contribution is 0.411. The van der Waals surface area contributed by atoms with Gasteiger partial charge in [-0.25, -0.2) is 4.98 Å². The molecule has 1 heterocycles. The van der Waals surface area contributed by atoms with Crippen LogP contribution in [0, 0.1) is 13.8 Å². The molecule has 0 fully saturated rings. The molecule has 1 aromatic heterocycles. The number of methoxy groups -OCH3 is 1. The van der Waals surface area contributed by atoms with E-state index in [1.54, 1.807) is 13.3 Å². The van der Waals surface area contributed by atoms with Crippen LogP contribution in [-0.4, -0.2) is 24.1 Å². The van der Waals surface area contributed by atoms with Gasteiger partial charge in [0.15, 0.2) is 0 Å². The van der Waals surface area contributed by atoms with Crippen molar-refractivity contribution in [2.24, 2.45) is 0 Å². The Bertz CT molecular complexity index is 520. The first-order chi connectivity index (χ1) is 8.67. The Labute approximate surface area is 107 Å². The second-order valence-electron chi connectivity index (χ2n) is 4.37. The standard InChI is InChI=1S/C14H19N3O/c1-9-8-12(18-4)10(2)7-11(9)13(15-3)14-16-5-6-17-14/h5-8,13,15H,1-4H3,(H,16,17). The van der Waals surface area contributed by atoms with Crippen molar-refractivity contribution in [3.05, 3.63) is 47.0 Å². The average molecular weight is 245 g/mol. The van der Waals surface area contributed by atoms with Crippen LogP contribution < -0.4 is 10.1 Å². The molecule has 4 nitrogen and oxygen atoms in total. The highest BCUT2D eigenvalue weighted by Crippen LogP contribution is 2.28. The number of nitrogens with zero attached hydrogens (tertiary/aromatic N) is 1. The number of aromatic nitrogens is 2. The molecule has 1 atom stereocenters. The van der Waals surface area contributed by atoms with Gasteiger partial charge in [0.25, 0.3) is 0 Å². The van der Waals surface area contributed by atoms with Crippen molar-refractivity contribution in [3.63, 3.8) is 0 Å². The highest BCUT2D eigenvalue weighted by molar-refractivity contribution is 5.44. The Kier molecular flexibility index (Phi) is 3.67. The number of H-pyrrole nitrogens is 1. The third-order valence-electron chi connectivity index (χ3n) is 3.18. The number of nitrogens with one attached hydrogen (secondary N) is 2. The van der Waals surface area contributed by atoms with Crippen molar-refractivity contribution in [3.8, 4) is 5.75 Å². The van der Waals surface area contributed by atoms with Crippen molar-refractivity contribution in [1.29, 1.82) is 0 Å². The summed E-state index contributed by atoms with van der Waals surface area (Å²) in [5, 5.41) is 3.29. The molecule has 0 aliphatic carbocycles. The molecular formula is C14H19N3O. The molecule has 0 amide bonds. The van der Waals surface area contributed by atoms with E-state index in [9.17, 15) is 0 Å². The summed E-state index contributed by atoms with van der Waals surface area (Å²) in [6, 6.07) is 4.29. The predicted octanol–water partition coefficient (Wildman–Crippen LogP) is 2.34. The van der Waals surface area contributed by atoms with E-state index in [4.69, 9.17) is 4.74 Å². The smallest absolute Gasteiger partial charge is 0.127 e. The Morgan fingerprint density at radius 2 is 2.06 bits per heavy atom. The molecule has 0 radical (unpaired) electrons. The topological polar surface area (TPSA) is 49.9 Å². The van der Waals surface area contributed by atoms with Crippen LogP contribution >= 0.6 is 0 Å². The van der Waals surface area contributed by atoms with Gasteiger partial charge in [-0.1, -0.05) is 6.07 Å². The van der Waals surface area contributed by atoms with Crippen LogP contribution in [0.25, 0.3) is 0 Å². The van der Waals surface area contributed by atoms with Crippen molar-refractivity contribution >= 4 is 0 Å². The van der Waals surface area contributed by atoms with Gasteiger partial charge in [-0.05, 0) is 43.7 Å². The van der Waals surface area contributed by atoms with Crippen molar-refractivity contribution < 1.29 is 4.74 Å². The number of aryl methyl sites for hydroxylation is 2. The van der Waals surface area contributed by atoms with E-state index in [1.807, 2.05) is 13.2 Å². The predicted molar refractivity (Wildman–Crippen MR) is 72.0 cm³/mol. The number of imidazole rings is 1. The first-order valence-corrected chi connectivity index (χ1v) is 5.99. The van der Waals surface area contributed by atoms with E-state index in [0.29, 0.717) is 0 Å². The quantitative estimate of drug-likeness (QED) is 0.869. The highest BCUT2D eigenvalue weighted by Gasteiger charge is 2.17. The van der Waals surface area contributed by atoms with E-state index >= 15 is 0 Å². The minimum Gasteiger partial charge on any atom is -0.496 e. The zero-order valence-electron chi connectivity index (χ0n) is 11.2. The van der Waals surface area contributed by atoms with Crippen LogP contribution in [0.4, 0.5) is 0 Å². The molecule has 2 rings (SSSR count). The zero-order valence-corrected chi connectivity index (χ0v) is 11.2. The van der Waals surface area contributed by atoms with E-state index in [0.717, 1.165) is 17.1 Å². The number of rotatable bonds is 4. The fourth-order valence-corrected chi connectivity index (χ4v) is 2.22. The third-order valence-corrected chi connectivity index (χ3v) is 3.18. The first kappa shape index (κ1) is 12.6. The molecule has 2 aromatic rings. The maximum atomic E-state index is 5.34. The minimum atomic E-state index is 0.0737. The number of hydrogen-bond donors (Lipinski definition) is 2. The van der Waals surface area contributed by atoms with Crippen LogP contribution in [0.1, 0.15) is 28.6 Å². The lowest BCUT2D eigenvalue weighted by Gasteiger charge is -2.19. The van der Waals surface area contributed by atoms with E-state index in [-0.39, 0.29) is 6.04 Å². The molecule has 2 N–H and O–H groups in total. The molecule has 96 valence electrons. The first-order valence-electron chi connectivity index (χ1n) is 5.99. The maximum Gasteiger partial charge on any atom is 0.127 e. The lowest BCUT2D eigenvalue weighted by Crippen LogP contribution is -2.20. The highest BCUT2D eigenvalue weighted by atomic mass is 16.5. The molecule has 0 aliphatic rings. The van der Waals surface area contributed by atoms with Gasteiger partial charge in [0.2, 0.25) is 0 Å². The fourth-order valence-electron chi connectivity index (χ4n) is 2.22. The third kappa shape index (κ3) is 2.24. The SMILES string of the molecule is CNC(c1ncc[nH]1)c1cc(C)c(OC)cc1C. The fraction of sp³-hybridized carbons (Fsp3) is 0.357. The monoisotopic (exact) mass is 245 g/mol. The number of hydrogen-bond acceptors (Lipinski definition) is 3. The Balaban J connectivity index is 2.46. The summed E-state index contributed by atoms with van der Waals surface area (Å²) in [6.07, 6.45) is 3.61. The van der Waals surface area contributed by atoms with E-state index in [2.05, 4.69) is 41.3 Å². The summed E-state index contributed by atoms with van der Waals surface area (Å²) in [7, 11) is 3.63. The Hall–Kier alpha value is -1.81. The summed E-state index contributed by atoms with van der Waals surface area (Å²) in [5.41, 5.74) is 3.53. The molecule has 0 bridgehead atoms. The van der Waals surface area contributed by atoms with Gasteiger partial charge >= 0.3 is 0 Å². The average Bonchev–Trinajstić information content (AvgIpc) is 2.87. The lowest BCUT2D eigenvalue weighted by atomic mass is 9.98. The molecule has 18 heavy (non-hydrogen) atoms. The van der Waals surface area contributed by atoms with Crippen molar-refractivity contribution in [2.45, 2.75) is 19.9 Å². The maximum absolute atomic E-state index is 5.34. The second kappa shape index (κ2) is 5.23. The van der Waals surface area contributed by atoms with Gasteiger partial charge in [0, 0.05) is 12.4 Å². The molecule has 0 saturated heterocycles. The molecule has 0 spiro atoms. The van der Waals surface area contributed by atoms with Gasteiger partial charge in [-0.15, -0.1) is 0 Å². The Morgan fingerprint density at radius 1 is 1.28 bits per heavy atom. The largest absolute Gasteiger partial charge is 0.496 e. The van der Waals surface area contributed by atoms with Crippen LogP contribution in [0.15, 0.2) is 24.5 Å². The summed E-state index contributed by atoms with van der Waals surface area (Å²) in [4.78, 5) is 7.48. The van der Waals surface area contributed by atoms with Gasteiger partial charge in [-0.2, -0.15) is 0 Å². The van der Waals surface area contributed by atoms with Crippen LogP contribution in [0.5, 0.6) is 5.75 Å².